The van der Waals surface area contributed by atoms with Gasteiger partial charge in [-0.3, -0.25) is 4.79 Å². The van der Waals surface area contributed by atoms with E-state index in [4.69, 9.17) is 0 Å². The maximum atomic E-state index is 14.2. The fourth-order valence-electron chi connectivity index (χ4n) is 4.22. The fraction of sp³-hybridized carbons (Fsp3) is 0.409. The Hall–Kier alpha value is -3.57. The van der Waals surface area contributed by atoms with Crippen LogP contribution in [0.1, 0.15) is 41.3 Å². The van der Waals surface area contributed by atoms with Crippen LogP contribution in [-0.4, -0.2) is 54.9 Å². The molecule has 1 saturated heterocycles. The Kier molecular flexibility index (Phi) is 6.49. The molecule has 0 radical (unpaired) electrons. The van der Waals surface area contributed by atoms with Gasteiger partial charge in [-0.15, -0.1) is 0 Å². The molecule has 1 aromatic carbocycles. The third-order valence-electron chi connectivity index (χ3n) is 5.95. The normalized spacial score (nSPS) is 18.7. The van der Waals surface area contributed by atoms with Crippen molar-refractivity contribution in [2.45, 2.75) is 38.9 Å². The molecule has 0 aliphatic carbocycles. The number of alkyl halides is 3. The SMILES string of the molecule is Cc1cc(F)cc(-n2nccn2)c1C(=O)N1CCC[C@@H](C)C1CNc1ncc(C(F)(F)F)cn1. The van der Waals surface area contributed by atoms with E-state index in [1.807, 2.05) is 6.92 Å². The van der Waals surface area contributed by atoms with Crippen molar-refractivity contribution in [1.29, 1.82) is 0 Å². The van der Waals surface area contributed by atoms with E-state index in [0.717, 1.165) is 12.8 Å². The molecule has 1 unspecified atom stereocenters. The number of halogens is 4. The number of carbonyl (C=O) groups is 1. The minimum absolute atomic E-state index is 0.0394. The van der Waals surface area contributed by atoms with E-state index < -0.39 is 17.6 Å². The monoisotopic (exact) mass is 477 g/mol. The molecule has 1 amide bonds. The van der Waals surface area contributed by atoms with E-state index in [9.17, 15) is 22.4 Å². The number of benzene rings is 1. The van der Waals surface area contributed by atoms with Gasteiger partial charge in [0.15, 0.2) is 0 Å². The van der Waals surface area contributed by atoms with Crippen LogP contribution in [0.2, 0.25) is 0 Å². The summed E-state index contributed by atoms with van der Waals surface area (Å²) in [6, 6.07) is 2.23. The molecule has 1 N–H and O–H groups in total. The Morgan fingerprint density at radius 2 is 1.85 bits per heavy atom. The molecule has 8 nitrogen and oxygen atoms in total. The molecule has 1 aliphatic heterocycles. The minimum atomic E-state index is -4.52. The summed E-state index contributed by atoms with van der Waals surface area (Å²) in [5.74, 6) is -0.660. The second-order valence-electron chi connectivity index (χ2n) is 8.29. The summed E-state index contributed by atoms with van der Waals surface area (Å²) in [5, 5.41) is 11.1. The van der Waals surface area contributed by atoms with Gasteiger partial charge in [0.2, 0.25) is 5.95 Å². The smallest absolute Gasteiger partial charge is 0.352 e. The zero-order valence-electron chi connectivity index (χ0n) is 18.6. The third kappa shape index (κ3) is 4.85. The molecule has 180 valence electrons. The largest absolute Gasteiger partial charge is 0.419 e. The molecule has 0 bridgehead atoms. The molecule has 12 heteroatoms. The predicted octanol–water partition coefficient (Wildman–Crippen LogP) is 3.88. The first-order chi connectivity index (χ1) is 16.1. The molecule has 3 aromatic rings. The van der Waals surface area contributed by atoms with E-state index in [-0.39, 0.29) is 36.0 Å². The number of nitrogens with one attached hydrogen (secondary N) is 1. The van der Waals surface area contributed by atoms with Crippen molar-refractivity contribution >= 4 is 11.9 Å². The topological polar surface area (TPSA) is 88.8 Å². The Bertz CT molecular complexity index is 1150. The lowest BCUT2D eigenvalue weighted by molar-refractivity contribution is -0.138. The highest BCUT2D eigenvalue weighted by Crippen LogP contribution is 2.30. The number of hydrogen-bond donors (Lipinski definition) is 1. The number of nitrogens with zero attached hydrogens (tertiary/aromatic N) is 6. The standard InChI is InChI=1S/C22H23F4N7O/c1-13-4-3-7-32(18(13)12-29-21-27-10-15(11-28-21)22(24,25)26)20(34)19-14(2)8-16(23)9-17(19)33-30-5-6-31-33/h5-6,8-11,13,18H,3-4,7,12H2,1-2H3,(H,27,28,29)/t13-,18?/m1/s1. The van der Waals surface area contributed by atoms with Crippen molar-refractivity contribution in [3.63, 3.8) is 0 Å². The summed E-state index contributed by atoms with van der Waals surface area (Å²) >= 11 is 0. The van der Waals surface area contributed by atoms with Crippen molar-refractivity contribution < 1.29 is 22.4 Å². The van der Waals surface area contributed by atoms with Crippen LogP contribution in [0.4, 0.5) is 23.5 Å². The predicted molar refractivity (Wildman–Crippen MR) is 115 cm³/mol. The van der Waals surface area contributed by atoms with Gasteiger partial charge in [0.05, 0.1) is 29.6 Å². The van der Waals surface area contributed by atoms with Crippen LogP contribution < -0.4 is 5.32 Å². The summed E-state index contributed by atoms with van der Waals surface area (Å²) in [4.78, 5) is 24.1. The van der Waals surface area contributed by atoms with Crippen molar-refractivity contribution in [2.24, 2.45) is 5.92 Å². The Labute approximate surface area is 193 Å². The van der Waals surface area contributed by atoms with Crippen molar-refractivity contribution in [1.82, 2.24) is 29.9 Å². The van der Waals surface area contributed by atoms with Crippen molar-refractivity contribution in [3.05, 3.63) is 59.4 Å². The van der Waals surface area contributed by atoms with E-state index in [2.05, 4.69) is 25.5 Å². The van der Waals surface area contributed by atoms with E-state index in [1.54, 1.807) is 11.8 Å². The van der Waals surface area contributed by atoms with Gasteiger partial charge in [0.25, 0.3) is 5.91 Å². The Balaban J connectivity index is 1.59. The van der Waals surface area contributed by atoms with Crippen LogP contribution in [-0.2, 0) is 6.18 Å². The Morgan fingerprint density at radius 3 is 2.50 bits per heavy atom. The molecular weight excluding hydrogens is 454 g/mol. The minimum Gasteiger partial charge on any atom is -0.352 e. The zero-order valence-corrected chi connectivity index (χ0v) is 18.6. The first-order valence-electron chi connectivity index (χ1n) is 10.8. The van der Waals surface area contributed by atoms with Gasteiger partial charge in [-0.2, -0.15) is 28.2 Å². The van der Waals surface area contributed by atoms with Crippen LogP contribution in [0.25, 0.3) is 5.69 Å². The van der Waals surface area contributed by atoms with E-state index >= 15 is 0 Å². The molecule has 2 aromatic heterocycles. The lowest BCUT2D eigenvalue weighted by Crippen LogP contribution is -2.51. The molecule has 0 saturated carbocycles. The van der Waals surface area contributed by atoms with Gasteiger partial charge < -0.3 is 10.2 Å². The number of aryl methyl sites for hydroxylation is 1. The first-order valence-corrected chi connectivity index (χ1v) is 10.8. The summed E-state index contributed by atoms with van der Waals surface area (Å²) in [7, 11) is 0. The number of carbonyl (C=O) groups excluding carboxylic acids is 1. The highest BCUT2D eigenvalue weighted by Gasteiger charge is 2.35. The van der Waals surface area contributed by atoms with Gasteiger partial charge in [-0.05, 0) is 37.3 Å². The maximum Gasteiger partial charge on any atom is 0.419 e. The number of aromatic nitrogens is 5. The average molecular weight is 477 g/mol. The molecule has 1 fully saturated rings. The summed E-state index contributed by atoms with van der Waals surface area (Å²) < 4.78 is 52.5. The summed E-state index contributed by atoms with van der Waals surface area (Å²) in [6.45, 7) is 4.38. The molecule has 2 atom stereocenters. The number of likely N-dealkylation sites (tertiary alicyclic amines) is 1. The van der Waals surface area contributed by atoms with E-state index in [1.165, 1.54) is 29.3 Å². The number of hydrogen-bond acceptors (Lipinski definition) is 6. The van der Waals surface area contributed by atoms with Crippen LogP contribution >= 0.6 is 0 Å². The number of piperidine rings is 1. The zero-order chi connectivity index (χ0) is 24.5. The second-order valence-corrected chi connectivity index (χ2v) is 8.29. The van der Waals surface area contributed by atoms with E-state index in [0.29, 0.717) is 30.1 Å². The molecule has 1 aliphatic rings. The quantitative estimate of drug-likeness (QED) is 0.562. The van der Waals surface area contributed by atoms with Crippen LogP contribution in [0, 0.1) is 18.7 Å². The number of amides is 1. The molecule has 4 rings (SSSR count). The number of anilines is 1. The van der Waals surface area contributed by atoms with Crippen LogP contribution in [0.5, 0.6) is 0 Å². The van der Waals surface area contributed by atoms with Gasteiger partial charge in [0.1, 0.15) is 11.5 Å². The first kappa shape index (κ1) is 23.6. The molecule has 34 heavy (non-hydrogen) atoms. The average Bonchev–Trinajstić information content (AvgIpc) is 3.32. The van der Waals surface area contributed by atoms with Gasteiger partial charge in [-0.25, -0.2) is 14.4 Å². The highest BCUT2D eigenvalue weighted by atomic mass is 19.4. The highest BCUT2D eigenvalue weighted by molar-refractivity contribution is 5.99. The van der Waals surface area contributed by atoms with Crippen LogP contribution in [0.3, 0.4) is 0 Å². The van der Waals surface area contributed by atoms with Gasteiger partial charge >= 0.3 is 6.18 Å². The van der Waals surface area contributed by atoms with Gasteiger partial charge in [-0.1, -0.05) is 6.92 Å². The lowest BCUT2D eigenvalue weighted by Gasteiger charge is -2.40. The maximum absolute atomic E-state index is 14.2. The number of rotatable bonds is 5. The molecule has 0 spiro atoms. The van der Waals surface area contributed by atoms with Crippen molar-refractivity contribution in [2.75, 3.05) is 18.4 Å². The fourth-order valence-corrected chi connectivity index (χ4v) is 4.22. The molecular formula is C22H23F4N7O. The van der Waals surface area contributed by atoms with Gasteiger partial charge in [0, 0.05) is 31.5 Å². The van der Waals surface area contributed by atoms with Crippen LogP contribution in [0.15, 0.2) is 36.9 Å². The Morgan fingerprint density at radius 1 is 1.18 bits per heavy atom. The summed E-state index contributed by atoms with van der Waals surface area (Å²) in [6.07, 6.45) is 1.45. The summed E-state index contributed by atoms with van der Waals surface area (Å²) in [5.41, 5.74) is 0.0479. The lowest BCUT2D eigenvalue weighted by atomic mass is 9.89. The molecule has 3 heterocycles. The van der Waals surface area contributed by atoms with Crippen molar-refractivity contribution in [3.8, 4) is 5.69 Å². The third-order valence-corrected chi connectivity index (χ3v) is 5.95. The second kappa shape index (κ2) is 9.35.